The van der Waals surface area contributed by atoms with E-state index in [1.54, 1.807) is 27.7 Å². The van der Waals surface area contributed by atoms with Crippen LogP contribution in [0.15, 0.2) is 0 Å². The summed E-state index contributed by atoms with van der Waals surface area (Å²) in [6, 6.07) is 0. The van der Waals surface area contributed by atoms with E-state index in [0.717, 1.165) is 0 Å². The lowest BCUT2D eigenvalue weighted by Gasteiger charge is -2.20. The van der Waals surface area contributed by atoms with Gasteiger partial charge in [0.1, 0.15) is 5.69 Å². The summed E-state index contributed by atoms with van der Waals surface area (Å²) in [5.74, 6) is -1.33. The van der Waals surface area contributed by atoms with E-state index in [1.165, 1.54) is 4.68 Å². The molecule has 0 fully saturated rings. The van der Waals surface area contributed by atoms with Crippen molar-refractivity contribution in [1.29, 1.82) is 0 Å². The molecule has 7 heteroatoms. The fraction of sp³-hybridized carbons (Fsp3) is 0.600. The first kappa shape index (κ1) is 13.1. The van der Waals surface area contributed by atoms with Gasteiger partial charge in [-0.15, -0.1) is 0 Å². The Morgan fingerprint density at radius 2 is 2.06 bits per heavy atom. The summed E-state index contributed by atoms with van der Waals surface area (Å²) >= 11 is 0. The second kappa shape index (κ2) is 4.15. The fourth-order valence-electron chi connectivity index (χ4n) is 1.56. The Balaban J connectivity index is 3.64. The molecule has 0 unspecified atom stereocenters. The van der Waals surface area contributed by atoms with Crippen LogP contribution in [0.1, 0.15) is 43.9 Å². The van der Waals surface area contributed by atoms with Gasteiger partial charge in [-0.2, -0.15) is 5.10 Å². The van der Waals surface area contributed by atoms with Crippen LogP contribution in [0.3, 0.4) is 0 Å². The highest BCUT2D eigenvalue weighted by Crippen LogP contribution is 2.28. The number of nitro groups is 1. The van der Waals surface area contributed by atoms with Gasteiger partial charge < -0.3 is 5.11 Å². The lowest BCUT2D eigenvalue weighted by molar-refractivity contribution is -0.386. The fourth-order valence-corrected chi connectivity index (χ4v) is 1.56. The first-order chi connectivity index (χ1) is 7.70. The summed E-state index contributed by atoms with van der Waals surface area (Å²) in [5.41, 5.74) is -1.19. The Morgan fingerprint density at radius 1 is 1.53 bits per heavy atom. The smallest absolute Gasteiger partial charge is 0.361 e. The monoisotopic (exact) mass is 241 g/mol. The Morgan fingerprint density at radius 3 is 2.35 bits per heavy atom. The number of rotatable bonds is 3. The van der Waals surface area contributed by atoms with E-state index < -0.39 is 22.1 Å². The van der Waals surface area contributed by atoms with Gasteiger partial charge in [-0.1, -0.05) is 6.92 Å². The van der Waals surface area contributed by atoms with Gasteiger partial charge in [0, 0.05) is 0 Å². The lowest BCUT2D eigenvalue weighted by atomic mass is 10.1. The van der Waals surface area contributed by atoms with Gasteiger partial charge in [0.15, 0.2) is 0 Å². The van der Waals surface area contributed by atoms with E-state index >= 15 is 0 Å². The van der Waals surface area contributed by atoms with E-state index in [1.807, 2.05) is 0 Å². The van der Waals surface area contributed by atoms with E-state index in [9.17, 15) is 14.9 Å². The summed E-state index contributed by atoms with van der Waals surface area (Å²) in [7, 11) is 0. The number of carboxylic acids is 1. The van der Waals surface area contributed by atoms with Gasteiger partial charge in [0.25, 0.3) is 0 Å². The van der Waals surface area contributed by atoms with Gasteiger partial charge in [-0.05, 0) is 27.2 Å². The number of nitrogens with zero attached hydrogens (tertiary/aromatic N) is 3. The highest BCUT2D eigenvalue weighted by molar-refractivity contribution is 5.91. The van der Waals surface area contributed by atoms with E-state index in [0.29, 0.717) is 6.42 Å². The second-order valence-corrected chi connectivity index (χ2v) is 4.64. The Kier molecular flexibility index (Phi) is 3.21. The van der Waals surface area contributed by atoms with Crippen LogP contribution >= 0.6 is 0 Å². The third-order valence-corrected chi connectivity index (χ3v) is 2.29. The first-order valence-electron chi connectivity index (χ1n) is 5.20. The average molecular weight is 241 g/mol. The number of aromatic nitrogens is 2. The standard InChI is InChI=1S/C10H15N3O4/c1-5-6-7(13(16)17)8(9(14)15)12(11-6)10(2,3)4/h5H2,1-4H3,(H,14,15). The van der Waals surface area contributed by atoms with Crippen molar-refractivity contribution >= 4 is 11.7 Å². The molecule has 0 saturated heterocycles. The summed E-state index contributed by atoms with van der Waals surface area (Å²) in [5, 5.41) is 24.1. The predicted octanol–water partition coefficient (Wildman–Crippen LogP) is 1.81. The molecule has 1 aromatic rings. The van der Waals surface area contributed by atoms with Gasteiger partial charge in [0.05, 0.1) is 10.5 Å². The lowest BCUT2D eigenvalue weighted by Crippen LogP contribution is -2.27. The molecule has 0 radical (unpaired) electrons. The SMILES string of the molecule is CCc1nn(C(C)(C)C)c(C(=O)O)c1[N+](=O)[O-]. The quantitative estimate of drug-likeness (QED) is 0.642. The van der Waals surface area contributed by atoms with Crippen LogP contribution in [0.5, 0.6) is 0 Å². The maximum Gasteiger partial charge on any atom is 0.361 e. The van der Waals surface area contributed by atoms with Crippen LogP contribution in [0.4, 0.5) is 5.69 Å². The molecule has 1 heterocycles. The van der Waals surface area contributed by atoms with Crippen molar-refractivity contribution in [3.8, 4) is 0 Å². The molecule has 0 aliphatic carbocycles. The molecular weight excluding hydrogens is 226 g/mol. The molecule has 94 valence electrons. The third kappa shape index (κ3) is 2.27. The van der Waals surface area contributed by atoms with Crippen molar-refractivity contribution in [2.75, 3.05) is 0 Å². The molecular formula is C10H15N3O4. The molecule has 17 heavy (non-hydrogen) atoms. The zero-order chi connectivity index (χ0) is 13.4. The molecule has 0 aliphatic heterocycles. The normalized spacial score (nSPS) is 11.5. The molecule has 0 amide bonds. The highest BCUT2D eigenvalue weighted by atomic mass is 16.6. The van der Waals surface area contributed by atoms with Crippen LogP contribution in [-0.2, 0) is 12.0 Å². The zero-order valence-electron chi connectivity index (χ0n) is 10.2. The van der Waals surface area contributed by atoms with Gasteiger partial charge in [0.2, 0.25) is 5.69 Å². The molecule has 0 atom stereocenters. The van der Waals surface area contributed by atoms with E-state index in [4.69, 9.17) is 5.11 Å². The number of aryl methyl sites for hydroxylation is 1. The second-order valence-electron chi connectivity index (χ2n) is 4.64. The minimum absolute atomic E-state index is 0.197. The van der Waals surface area contributed by atoms with Crippen molar-refractivity contribution in [1.82, 2.24) is 9.78 Å². The third-order valence-electron chi connectivity index (χ3n) is 2.29. The summed E-state index contributed by atoms with van der Waals surface area (Å²) in [6.45, 7) is 6.94. The van der Waals surface area contributed by atoms with Crippen molar-refractivity contribution in [3.05, 3.63) is 21.5 Å². The van der Waals surface area contributed by atoms with Gasteiger partial charge >= 0.3 is 11.7 Å². The van der Waals surface area contributed by atoms with Gasteiger partial charge in [-0.3, -0.25) is 10.1 Å². The first-order valence-corrected chi connectivity index (χ1v) is 5.20. The maximum atomic E-state index is 11.2. The van der Waals surface area contributed by atoms with Crippen molar-refractivity contribution in [3.63, 3.8) is 0 Å². The number of carbonyl (C=O) groups is 1. The molecule has 1 aromatic heterocycles. The molecule has 0 spiro atoms. The van der Waals surface area contributed by atoms with Crippen LogP contribution < -0.4 is 0 Å². The number of hydrogen-bond acceptors (Lipinski definition) is 4. The number of carboxylic acid groups (broad SMARTS) is 1. The summed E-state index contributed by atoms with van der Waals surface area (Å²) in [4.78, 5) is 21.4. The summed E-state index contributed by atoms with van der Waals surface area (Å²) < 4.78 is 1.20. The molecule has 1 rings (SSSR count). The summed E-state index contributed by atoms with van der Waals surface area (Å²) in [6.07, 6.45) is 0.319. The average Bonchev–Trinajstić information content (AvgIpc) is 2.55. The maximum absolute atomic E-state index is 11.2. The molecule has 0 aliphatic rings. The van der Waals surface area contributed by atoms with Crippen LogP contribution in [0.25, 0.3) is 0 Å². The Bertz CT molecular complexity index is 471. The van der Waals surface area contributed by atoms with E-state index in [2.05, 4.69) is 5.10 Å². The van der Waals surface area contributed by atoms with Crippen molar-refractivity contribution in [2.24, 2.45) is 0 Å². The van der Waals surface area contributed by atoms with Crippen LogP contribution in [-0.4, -0.2) is 25.8 Å². The topological polar surface area (TPSA) is 98.3 Å². The molecule has 0 saturated carbocycles. The molecule has 0 bridgehead atoms. The number of hydrogen-bond donors (Lipinski definition) is 1. The Hall–Kier alpha value is -1.92. The largest absolute Gasteiger partial charge is 0.476 e. The van der Waals surface area contributed by atoms with Gasteiger partial charge in [-0.25, -0.2) is 9.48 Å². The zero-order valence-corrected chi connectivity index (χ0v) is 10.2. The molecule has 0 aromatic carbocycles. The predicted molar refractivity (Wildman–Crippen MR) is 60.2 cm³/mol. The minimum Gasteiger partial charge on any atom is -0.476 e. The highest BCUT2D eigenvalue weighted by Gasteiger charge is 2.35. The van der Waals surface area contributed by atoms with Crippen LogP contribution in [0.2, 0.25) is 0 Å². The molecule has 7 nitrogen and oxygen atoms in total. The van der Waals surface area contributed by atoms with Crippen molar-refractivity contribution in [2.45, 2.75) is 39.7 Å². The van der Waals surface area contributed by atoms with E-state index in [-0.39, 0.29) is 11.4 Å². The van der Waals surface area contributed by atoms with Crippen molar-refractivity contribution < 1.29 is 14.8 Å². The number of aromatic carboxylic acids is 1. The Labute approximate surface area is 98.2 Å². The molecule has 1 N–H and O–H groups in total. The van der Waals surface area contributed by atoms with Crippen LogP contribution in [0, 0.1) is 10.1 Å². The minimum atomic E-state index is -1.33.